The molecule has 0 heterocycles. The molecule has 0 radical (unpaired) electrons. The predicted octanol–water partition coefficient (Wildman–Crippen LogP) is 3.27. The van der Waals surface area contributed by atoms with Crippen LogP contribution in [0, 0.1) is 0 Å². The normalized spacial score (nSPS) is 12.4. The molecule has 0 aromatic heterocycles. The van der Waals surface area contributed by atoms with E-state index in [4.69, 9.17) is 4.74 Å². The van der Waals surface area contributed by atoms with E-state index >= 15 is 0 Å². The quantitative estimate of drug-likeness (QED) is 0.656. The molecular formula is C18H18N2O2. The first kappa shape index (κ1) is 15.5. The summed E-state index contributed by atoms with van der Waals surface area (Å²) in [6, 6.07) is 19.0. The number of hydrogen-bond donors (Lipinski definition) is 1. The fourth-order valence-electron chi connectivity index (χ4n) is 1.71. The van der Waals surface area contributed by atoms with E-state index in [0.717, 1.165) is 5.56 Å². The van der Waals surface area contributed by atoms with Crippen molar-refractivity contribution in [3.05, 3.63) is 72.3 Å². The van der Waals surface area contributed by atoms with E-state index in [2.05, 4.69) is 10.5 Å². The summed E-state index contributed by atoms with van der Waals surface area (Å²) in [6.45, 7) is 1.68. The Balaban J connectivity index is 1.77. The smallest absolute Gasteiger partial charge is 0.280 e. The van der Waals surface area contributed by atoms with Gasteiger partial charge in [-0.3, -0.25) is 4.79 Å². The lowest BCUT2D eigenvalue weighted by Gasteiger charge is -2.12. The minimum atomic E-state index is -0.613. The number of para-hydroxylation sites is 1. The molecule has 0 unspecified atom stereocenters. The molecule has 0 aliphatic heterocycles. The zero-order chi connectivity index (χ0) is 15.6. The van der Waals surface area contributed by atoms with Crippen molar-refractivity contribution in [1.29, 1.82) is 0 Å². The van der Waals surface area contributed by atoms with Crippen LogP contribution in [0.15, 0.2) is 71.8 Å². The lowest BCUT2D eigenvalue weighted by Crippen LogP contribution is -2.33. The predicted molar refractivity (Wildman–Crippen MR) is 88.6 cm³/mol. The highest BCUT2D eigenvalue weighted by Crippen LogP contribution is 2.10. The largest absolute Gasteiger partial charge is 0.481 e. The first-order valence-corrected chi connectivity index (χ1v) is 7.02. The van der Waals surface area contributed by atoms with Crippen LogP contribution < -0.4 is 10.2 Å². The van der Waals surface area contributed by atoms with Crippen molar-refractivity contribution in [3.8, 4) is 5.75 Å². The number of carbonyl (C=O) groups excluding carboxylic acids is 1. The van der Waals surface area contributed by atoms with Crippen LogP contribution in [-0.2, 0) is 4.79 Å². The summed E-state index contributed by atoms with van der Waals surface area (Å²) < 4.78 is 5.50. The van der Waals surface area contributed by atoms with Gasteiger partial charge in [0, 0.05) is 6.21 Å². The fourth-order valence-corrected chi connectivity index (χ4v) is 1.71. The van der Waals surface area contributed by atoms with E-state index in [1.807, 2.05) is 54.6 Å². The van der Waals surface area contributed by atoms with Gasteiger partial charge in [-0.2, -0.15) is 5.10 Å². The topological polar surface area (TPSA) is 50.7 Å². The summed E-state index contributed by atoms with van der Waals surface area (Å²) in [7, 11) is 0. The number of hydrazone groups is 1. The van der Waals surface area contributed by atoms with Crippen LogP contribution in [0.5, 0.6) is 5.75 Å². The second-order valence-electron chi connectivity index (χ2n) is 4.60. The first-order chi connectivity index (χ1) is 10.8. The molecule has 22 heavy (non-hydrogen) atoms. The number of rotatable bonds is 6. The van der Waals surface area contributed by atoms with Crippen molar-refractivity contribution in [3.63, 3.8) is 0 Å². The Bertz CT molecular complexity index is 637. The van der Waals surface area contributed by atoms with Gasteiger partial charge in [0.25, 0.3) is 5.91 Å². The molecule has 0 aliphatic carbocycles. The number of hydrogen-bond acceptors (Lipinski definition) is 3. The Labute approximate surface area is 130 Å². The molecule has 1 N–H and O–H groups in total. The van der Waals surface area contributed by atoms with Crippen LogP contribution in [0.2, 0.25) is 0 Å². The Morgan fingerprint density at radius 1 is 1.09 bits per heavy atom. The van der Waals surface area contributed by atoms with Crippen molar-refractivity contribution >= 4 is 18.2 Å². The third-order valence-corrected chi connectivity index (χ3v) is 2.85. The summed E-state index contributed by atoms with van der Waals surface area (Å²) in [6.07, 6.45) is 4.58. The molecule has 2 aromatic carbocycles. The van der Waals surface area contributed by atoms with E-state index < -0.39 is 6.10 Å². The molecule has 1 amide bonds. The number of nitrogens with one attached hydrogen (secondary N) is 1. The van der Waals surface area contributed by atoms with Gasteiger partial charge in [0.1, 0.15) is 5.75 Å². The molecular weight excluding hydrogens is 276 g/mol. The zero-order valence-corrected chi connectivity index (χ0v) is 12.3. The SMILES string of the molecule is C[C@@H](Oc1ccccc1)C(=O)NN=C/C=C/c1ccccc1. The van der Waals surface area contributed by atoms with E-state index in [1.165, 1.54) is 6.21 Å². The van der Waals surface area contributed by atoms with Crippen molar-refractivity contribution in [2.75, 3.05) is 0 Å². The van der Waals surface area contributed by atoms with Gasteiger partial charge in [-0.25, -0.2) is 5.43 Å². The summed E-state index contributed by atoms with van der Waals surface area (Å²) in [5, 5.41) is 3.86. The number of nitrogens with zero attached hydrogens (tertiary/aromatic N) is 1. The summed E-state index contributed by atoms with van der Waals surface area (Å²) in [5.41, 5.74) is 3.51. The van der Waals surface area contributed by atoms with Gasteiger partial charge < -0.3 is 4.74 Å². The average Bonchev–Trinajstić information content (AvgIpc) is 2.56. The Kier molecular flexibility index (Phi) is 5.93. The molecule has 0 bridgehead atoms. The van der Waals surface area contributed by atoms with E-state index in [0.29, 0.717) is 5.75 Å². The highest BCUT2D eigenvalue weighted by Gasteiger charge is 2.13. The Hall–Kier alpha value is -2.88. The maximum atomic E-state index is 11.8. The lowest BCUT2D eigenvalue weighted by atomic mass is 10.2. The summed E-state index contributed by atoms with van der Waals surface area (Å²) >= 11 is 0. The van der Waals surface area contributed by atoms with Crippen LogP contribution in [0.25, 0.3) is 6.08 Å². The first-order valence-electron chi connectivity index (χ1n) is 7.02. The molecule has 112 valence electrons. The van der Waals surface area contributed by atoms with Gasteiger partial charge >= 0.3 is 0 Å². The molecule has 4 nitrogen and oxygen atoms in total. The number of carbonyl (C=O) groups is 1. The Morgan fingerprint density at radius 3 is 2.41 bits per heavy atom. The molecule has 2 rings (SSSR count). The standard InChI is InChI=1S/C18H18N2O2/c1-15(22-17-12-6-3-7-13-17)18(21)20-19-14-8-11-16-9-4-2-5-10-16/h2-15H,1H3,(H,20,21)/b11-8+,19-14?/t15-/m1/s1. The highest BCUT2D eigenvalue weighted by molar-refractivity contribution is 5.83. The maximum absolute atomic E-state index is 11.8. The van der Waals surface area contributed by atoms with Crippen molar-refractivity contribution in [2.24, 2.45) is 5.10 Å². The van der Waals surface area contributed by atoms with Crippen LogP contribution in [0.3, 0.4) is 0 Å². The van der Waals surface area contributed by atoms with E-state index in [-0.39, 0.29) is 5.91 Å². The van der Waals surface area contributed by atoms with Crippen LogP contribution >= 0.6 is 0 Å². The number of benzene rings is 2. The van der Waals surface area contributed by atoms with Crippen LogP contribution in [-0.4, -0.2) is 18.2 Å². The summed E-state index contributed by atoms with van der Waals surface area (Å²) in [5.74, 6) is 0.353. The highest BCUT2D eigenvalue weighted by atomic mass is 16.5. The minimum absolute atomic E-state index is 0.298. The molecule has 0 saturated heterocycles. The van der Waals surface area contributed by atoms with Gasteiger partial charge in [-0.15, -0.1) is 0 Å². The van der Waals surface area contributed by atoms with E-state index in [9.17, 15) is 4.79 Å². The second-order valence-corrected chi connectivity index (χ2v) is 4.60. The molecule has 0 aliphatic rings. The van der Waals surface area contributed by atoms with Crippen molar-refractivity contribution < 1.29 is 9.53 Å². The molecule has 0 saturated carbocycles. The monoisotopic (exact) mass is 294 g/mol. The van der Waals surface area contributed by atoms with Gasteiger partial charge in [-0.1, -0.05) is 54.6 Å². The molecule has 1 atom stereocenters. The summed E-state index contributed by atoms with van der Waals surface area (Å²) in [4.78, 5) is 11.8. The lowest BCUT2D eigenvalue weighted by molar-refractivity contribution is -0.127. The van der Waals surface area contributed by atoms with Crippen molar-refractivity contribution in [2.45, 2.75) is 13.0 Å². The van der Waals surface area contributed by atoms with E-state index in [1.54, 1.807) is 25.1 Å². The number of ether oxygens (including phenoxy) is 1. The zero-order valence-electron chi connectivity index (χ0n) is 12.3. The van der Waals surface area contributed by atoms with Gasteiger partial charge in [0.15, 0.2) is 6.10 Å². The third kappa shape index (κ3) is 5.25. The second kappa shape index (κ2) is 8.42. The minimum Gasteiger partial charge on any atom is -0.481 e. The van der Waals surface area contributed by atoms with Gasteiger partial charge in [-0.05, 0) is 30.7 Å². The van der Waals surface area contributed by atoms with Gasteiger partial charge in [0.05, 0.1) is 0 Å². The number of amides is 1. The van der Waals surface area contributed by atoms with Gasteiger partial charge in [0.2, 0.25) is 0 Å². The van der Waals surface area contributed by atoms with Crippen molar-refractivity contribution in [1.82, 2.24) is 5.43 Å². The van der Waals surface area contributed by atoms with Crippen LogP contribution in [0.1, 0.15) is 12.5 Å². The Morgan fingerprint density at radius 2 is 1.73 bits per heavy atom. The average molecular weight is 294 g/mol. The third-order valence-electron chi connectivity index (χ3n) is 2.85. The number of allylic oxidation sites excluding steroid dienone is 1. The fraction of sp³-hybridized carbons (Fsp3) is 0.111. The maximum Gasteiger partial charge on any atom is 0.280 e. The molecule has 0 fully saturated rings. The molecule has 0 spiro atoms. The van der Waals surface area contributed by atoms with Crippen LogP contribution in [0.4, 0.5) is 0 Å². The molecule has 4 heteroatoms. The molecule has 2 aromatic rings.